The van der Waals surface area contributed by atoms with E-state index in [0.29, 0.717) is 6.54 Å². The lowest BCUT2D eigenvalue weighted by molar-refractivity contribution is 0.774. The number of para-hydroxylation sites is 2. The second-order valence-electron chi connectivity index (χ2n) is 18.3. The van der Waals surface area contributed by atoms with E-state index in [1.54, 1.807) is 0 Å². The predicted molar refractivity (Wildman–Crippen MR) is 284 cm³/mol. The van der Waals surface area contributed by atoms with Gasteiger partial charge in [0.1, 0.15) is 0 Å². The Labute approximate surface area is 396 Å². The quantitative estimate of drug-likeness (QED) is 0.155. The lowest BCUT2D eigenvalue weighted by Gasteiger charge is -2.41. The summed E-state index contributed by atoms with van der Waals surface area (Å²) < 4.78 is 2.41. The minimum absolute atomic E-state index is 0.613. The highest BCUT2D eigenvalue weighted by atomic mass is 15.1. The molecule has 0 fully saturated rings. The van der Waals surface area contributed by atoms with Crippen LogP contribution in [0.3, 0.4) is 0 Å². The molecule has 14 rings (SSSR count). The molecule has 11 aromatic carbocycles. The molecular formula is C66H44N2. The molecule has 1 atom stereocenters. The van der Waals surface area contributed by atoms with E-state index in [1.807, 2.05) is 0 Å². The minimum Gasteiger partial charge on any atom is -0.337 e. The summed E-state index contributed by atoms with van der Waals surface area (Å²) in [6, 6.07) is 94.8. The van der Waals surface area contributed by atoms with Crippen LogP contribution in [0.25, 0.3) is 82.8 Å². The van der Waals surface area contributed by atoms with Crippen molar-refractivity contribution in [1.29, 1.82) is 0 Å². The van der Waals surface area contributed by atoms with Gasteiger partial charge < -0.3 is 9.47 Å². The van der Waals surface area contributed by atoms with E-state index >= 15 is 0 Å². The Kier molecular flexibility index (Phi) is 8.60. The van der Waals surface area contributed by atoms with Gasteiger partial charge in [-0.05, 0) is 132 Å². The van der Waals surface area contributed by atoms with Crippen LogP contribution in [0.2, 0.25) is 0 Å². The van der Waals surface area contributed by atoms with Gasteiger partial charge in [0, 0.05) is 34.4 Å². The molecule has 1 unspecified atom stereocenters. The van der Waals surface area contributed by atoms with Crippen LogP contribution >= 0.6 is 0 Å². The molecule has 0 saturated carbocycles. The smallest absolute Gasteiger partial charge is 0.0732 e. The van der Waals surface area contributed by atoms with Crippen molar-refractivity contribution in [2.24, 2.45) is 0 Å². The van der Waals surface area contributed by atoms with E-state index < -0.39 is 5.41 Å². The minimum atomic E-state index is -0.613. The first-order chi connectivity index (χ1) is 33.8. The zero-order chi connectivity index (χ0) is 44.8. The molecule has 0 amide bonds. The molecule has 2 heteroatoms. The number of hydrogen-bond acceptors (Lipinski definition) is 1. The molecule has 0 saturated heterocycles. The molecular weight excluding hydrogens is 821 g/mol. The summed E-state index contributed by atoms with van der Waals surface area (Å²) in [5, 5.41) is 5.05. The van der Waals surface area contributed by atoms with Crippen molar-refractivity contribution < 1.29 is 0 Å². The highest BCUT2D eigenvalue weighted by Gasteiger charge is 2.51. The molecule has 1 spiro atoms. The van der Waals surface area contributed by atoms with Crippen LogP contribution in [0.5, 0.6) is 0 Å². The number of rotatable bonds is 7. The van der Waals surface area contributed by atoms with Gasteiger partial charge in [-0.15, -0.1) is 0 Å². The highest BCUT2D eigenvalue weighted by Crippen LogP contribution is 2.64. The fourth-order valence-corrected chi connectivity index (χ4v) is 12.1. The van der Waals surface area contributed by atoms with E-state index in [9.17, 15) is 0 Å². The Morgan fingerprint density at radius 1 is 0.353 bits per heavy atom. The van der Waals surface area contributed by atoms with Crippen molar-refractivity contribution in [2.45, 2.75) is 12.0 Å². The van der Waals surface area contributed by atoms with Crippen LogP contribution in [-0.4, -0.2) is 4.57 Å². The number of fused-ring (bicyclic) bond motifs is 12. The van der Waals surface area contributed by atoms with Crippen LogP contribution in [0.4, 0.5) is 11.4 Å². The molecule has 0 radical (unpaired) electrons. The van der Waals surface area contributed by atoms with Crippen molar-refractivity contribution in [2.75, 3.05) is 4.90 Å². The van der Waals surface area contributed by atoms with E-state index in [1.165, 1.54) is 105 Å². The summed E-state index contributed by atoms with van der Waals surface area (Å²) in [5.74, 6) is 0. The summed E-state index contributed by atoms with van der Waals surface area (Å²) in [4.78, 5) is 2.56. The van der Waals surface area contributed by atoms with E-state index in [-0.39, 0.29) is 0 Å². The van der Waals surface area contributed by atoms with Gasteiger partial charge in [-0.1, -0.05) is 206 Å². The van der Waals surface area contributed by atoms with Gasteiger partial charge in [0.25, 0.3) is 0 Å². The standard InChI is InChI=1S/C66H44N2/c1-4-19-44(20-5-1)51-27-11-10-23-47(51)43-67(49-37-40-63-58(41-49)56-30-14-17-34-62(56)68(63)48-25-8-3-9-26-48)50-36-39-55-53-28-12-15-32-59(53)66(61(55)42-50)60-33-16-13-29-54(60)57-31-18-24-46-35-38-52(65(66)64(46)57)45-21-6-2-7-22-45/h1-42H,43H2. The summed E-state index contributed by atoms with van der Waals surface area (Å²) in [7, 11) is 0. The predicted octanol–water partition coefficient (Wildman–Crippen LogP) is 17.0. The van der Waals surface area contributed by atoms with Crippen LogP contribution < -0.4 is 4.90 Å². The molecule has 0 bridgehead atoms. The van der Waals surface area contributed by atoms with Gasteiger partial charge in [0.05, 0.1) is 16.4 Å². The molecule has 2 nitrogen and oxygen atoms in total. The third-order valence-electron chi connectivity index (χ3n) is 14.9. The SMILES string of the molecule is c1ccc(-c2ccccc2CN(c2ccc3c(c2)C2(c4ccccc4-3)c3ccccc3-c3cccc4ccc(-c5ccccc5)c2c34)c2ccc3c(c2)c2ccccc2n3-c2ccccc2)cc1. The molecule has 0 N–H and O–H groups in total. The summed E-state index contributed by atoms with van der Waals surface area (Å²) in [6.07, 6.45) is 0. The van der Waals surface area contributed by atoms with Gasteiger partial charge >= 0.3 is 0 Å². The maximum atomic E-state index is 2.56. The topological polar surface area (TPSA) is 8.17 Å². The third kappa shape index (κ3) is 5.58. The normalized spacial score (nSPS) is 14.3. The van der Waals surface area contributed by atoms with Crippen LogP contribution in [0, 0.1) is 0 Å². The zero-order valence-corrected chi connectivity index (χ0v) is 37.4. The second-order valence-corrected chi connectivity index (χ2v) is 18.3. The number of anilines is 2. The van der Waals surface area contributed by atoms with E-state index in [4.69, 9.17) is 0 Å². The molecule has 1 heterocycles. The van der Waals surface area contributed by atoms with Gasteiger partial charge in [-0.25, -0.2) is 0 Å². The van der Waals surface area contributed by atoms with Crippen LogP contribution in [0.1, 0.15) is 27.8 Å². The molecule has 318 valence electrons. The van der Waals surface area contributed by atoms with Crippen molar-refractivity contribution >= 4 is 44.0 Å². The summed E-state index contributed by atoms with van der Waals surface area (Å²) >= 11 is 0. The van der Waals surface area contributed by atoms with Gasteiger partial charge in [-0.2, -0.15) is 0 Å². The van der Waals surface area contributed by atoms with Gasteiger partial charge in [0.15, 0.2) is 0 Å². The average Bonchev–Trinajstić information content (AvgIpc) is 3.90. The second kappa shape index (κ2) is 15.2. The largest absolute Gasteiger partial charge is 0.337 e. The van der Waals surface area contributed by atoms with Crippen molar-refractivity contribution in [1.82, 2.24) is 4.57 Å². The first-order valence-corrected chi connectivity index (χ1v) is 23.7. The Morgan fingerprint density at radius 2 is 0.897 bits per heavy atom. The summed E-state index contributed by atoms with van der Waals surface area (Å²) in [6.45, 7) is 0.664. The summed E-state index contributed by atoms with van der Waals surface area (Å²) in [5.41, 5.74) is 21.9. The van der Waals surface area contributed by atoms with Gasteiger partial charge in [0.2, 0.25) is 0 Å². The molecule has 68 heavy (non-hydrogen) atoms. The van der Waals surface area contributed by atoms with E-state index in [0.717, 1.165) is 17.1 Å². The maximum Gasteiger partial charge on any atom is 0.0732 e. The Bertz CT molecular complexity index is 3940. The number of benzene rings is 11. The Balaban J connectivity index is 1.06. The first kappa shape index (κ1) is 38.5. The fourth-order valence-electron chi connectivity index (χ4n) is 12.1. The molecule has 2 aliphatic rings. The van der Waals surface area contributed by atoms with Crippen molar-refractivity contribution in [3.8, 4) is 50.2 Å². The molecule has 1 aromatic heterocycles. The highest BCUT2D eigenvalue weighted by molar-refractivity contribution is 6.12. The van der Waals surface area contributed by atoms with Crippen molar-refractivity contribution in [3.05, 3.63) is 283 Å². The average molecular weight is 865 g/mol. The first-order valence-electron chi connectivity index (χ1n) is 23.7. The van der Waals surface area contributed by atoms with Crippen molar-refractivity contribution in [3.63, 3.8) is 0 Å². The zero-order valence-electron chi connectivity index (χ0n) is 37.4. The number of aromatic nitrogens is 1. The lowest BCUT2D eigenvalue weighted by atomic mass is 9.60. The van der Waals surface area contributed by atoms with Crippen LogP contribution in [-0.2, 0) is 12.0 Å². The fraction of sp³-hybridized carbons (Fsp3) is 0.0303. The molecule has 12 aromatic rings. The Morgan fingerprint density at radius 3 is 1.66 bits per heavy atom. The lowest BCUT2D eigenvalue weighted by Crippen LogP contribution is -2.33. The third-order valence-corrected chi connectivity index (χ3v) is 14.9. The van der Waals surface area contributed by atoms with Crippen LogP contribution in [0.15, 0.2) is 255 Å². The Hall–Kier alpha value is -8.72. The molecule has 0 aliphatic heterocycles. The van der Waals surface area contributed by atoms with Gasteiger partial charge in [-0.3, -0.25) is 0 Å². The monoisotopic (exact) mass is 864 g/mol. The van der Waals surface area contributed by atoms with E-state index in [2.05, 4.69) is 264 Å². The number of nitrogens with zero attached hydrogens (tertiary/aromatic N) is 2. The maximum absolute atomic E-state index is 2.56. The number of hydrogen-bond donors (Lipinski definition) is 0. The molecule has 2 aliphatic carbocycles.